The van der Waals surface area contributed by atoms with Gasteiger partial charge in [0.15, 0.2) is 11.5 Å². The number of fused-ring (bicyclic) bond motifs is 1. The van der Waals surface area contributed by atoms with E-state index in [-0.39, 0.29) is 13.2 Å². The van der Waals surface area contributed by atoms with Crippen LogP contribution in [0.1, 0.15) is 11.1 Å². The molecule has 0 saturated carbocycles. The SMILES string of the molecule is COCc1ccc2c(c1CC(N)C(=O)O)OCO2. The van der Waals surface area contributed by atoms with Crippen LogP contribution >= 0.6 is 0 Å². The van der Waals surface area contributed by atoms with Crippen LogP contribution in [0, 0.1) is 0 Å². The van der Waals surface area contributed by atoms with E-state index in [0.717, 1.165) is 11.1 Å². The van der Waals surface area contributed by atoms with Crippen molar-refractivity contribution >= 4 is 5.97 Å². The van der Waals surface area contributed by atoms with Crippen molar-refractivity contribution in [1.82, 2.24) is 0 Å². The fourth-order valence-corrected chi connectivity index (χ4v) is 1.89. The standard InChI is InChI=1S/C12H15NO5/c1-16-5-7-2-3-10-11(18-6-17-10)8(7)4-9(13)12(14)15/h2-3,9H,4-6,13H2,1H3,(H,14,15). The van der Waals surface area contributed by atoms with Crippen molar-refractivity contribution in [2.45, 2.75) is 19.1 Å². The van der Waals surface area contributed by atoms with E-state index in [2.05, 4.69) is 0 Å². The van der Waals surface area contributed by atoms with Gasteiger partial charge in [-0.25, -0.2) is 0 Å². The molecule has 1 aromatic carbocycles. The molecule has 0 radical (unpaired) electrons. The molecule has 6 nitrogen and oxygen atoms in total. The van der Waals surface area contributed by atoms with Gasteiger partial charge in [-0.15, -0.1) is 0 Å². The number of rotatable bonds is 5. The number of nitrogens with two attached hydrogens (primary N) is 1. The van der Waals surface area contributed by atoms with Crippen LogP contribution in [0.3, 0.4) is 0 Å². The van der Waals surface area contributed by atoms with Gasteiger partial charge < -0.3 is 25.1 Å². The lowest BCUT2D eigenvalue weighted by molar-refractivity contribution is -0.138. The van der Waals surface area contributed by atoms with E-state index < -0.39 is 12.0 Å². The third-order valence-electron chi connectivity index (χ3n) is 2.78. The van der Waals surface area contributed by atoms with E-state index in [1.54, 1.807) is 13.2 Å². The number of benzene rings is 1. The first kappa shape index (κ1) is 12.7. The molecule has 6 heteroatoms. The summed E-state index contributed by atoms with van der Waals surface area (Å²) >= 11 is 0. The molecule has 1 unspecified atom stereocenters. The van der Waals surface area contributed by atoms with Gasteiger partial charge >= 0.3 is 5.97 Å². The summed E-state index contributed by atoms with van der Waals surface area (Å²) in [6.45, 7) is 0.513. The average molecular weight is 253 g/mol. The molecule has 0 aliphatic carbocycles. The highest BCUT2D eigenvalue weighted by atomic mass is 16.7. The Morgan fingerprint density at radius 2 is 2.33 bits per heavy atom. The van der Waals surface area contributed by atoms with Gasteiger partial charge in [-0.3, -0.25) is 4.79 Å². The Morgan fingerprint density at radius 1 is 1.56 bits per heavy atom. The molecule has 0 fully saturated rings. The highest BCUT2D eigenvalue weighted by molar-refractivity contribution is 5.74. The molecule has 0 aromatic heterocycles. The first-order valence-corrected chi connectivity index (χ1v) is 5.51. The molecular weight excluding hydrogens is 238 g/mol. The van der Waals surface area contributed by atoms with Gasteiger partial charge in [-0.1, -0.05) is 6.07 Å². The number of ether oxygens (including phenoxy) is 3. The second-order valence-electron chi connectivity index (χ2n) is 4.02. The quantitative estimate of drug-likeness (QED) is 0.794. The Bertz CT molecular complexity index is 460. The van der Waals surface area contributed by atoms with E-state index >= 15 is 0 Å². The van der Waals surface area contributed by atoms with Crippen LogP contribution in [0.25, 0.3) is 0 Å². The van der Waals surface area contributed by atoms with Gasteiger partial charge in [0.25, 0.3) is 0 Å². The number of hydrogen-bond acceptors (Lipinski definition) is 5. The molecule has 3 N–H and O–H groups in total. The summed E-state index contributed by atoms with van der Waals surface area (Å²) in [7, 11) is 1.57. The normalized spacial score (nSPS) is 14.6. The van der Waals surface area contributed by atoms with Gasteiger partial charge in [-0.05, 0) is 11.6 Å². The summed E-state index contributed by atoms with van der Waals surface area (Å²) in [4.78, 5) is 10.8. The van der Waals surface area contributed by atoms with Crippen molar-refractivity contribution in [2.75, 3.05) is 13.9 Å². The van der Waals surface area contributed by atoms with Crippen molar-refractivity contribution in [3.63, 3.8) is 0 Å². The van der Waals surface area contributed by atoms with Crippen LogP contribution in [0.2, 0.25) is 0 Å². The van der Waals surface area contributed by atoms with Crippen molar-refractivity contribution in [2.24, 2.45) is 5.73 Å². The predicted molar refractivity (Wildman–Crippen MR) is 62.6 cm³/mol. The predicted octanol–water partition coefficient (Wildman–Crippen LogP) is 0.516. The van der Waals surface area contributed by atoms with Gasteiger partial charge in [0.05, 0.1) is 6.61 Å². The summed E-state index contributed by atoms with van der Waals surface area (Å²) in [5, 5.41) is 8.88. The Balaban J connectivity index is 2.35. The third-order valence-corrected chi connectivity index (χ3v) is 2.78. The van der Waals surface area contributed by atoms with Gasteiger partial charge in [0, 0.05) is 19.1 Å². The van der Waals surface area contributed by atoms with Crippen LogP contribution < -0.4 is 15.2 Å². The maximum atomic E-state index is 10.8. The Kier molecular flexibility index (Phi) is 3.69. The first-order chi connectivity index (χ1) is 8.63. The summed E-state index contributed by atoms with van der Waals surface area (Å²) in [6, 6.07) is 2.64. The zero-order valence-corrected chi connectivity index (χ0v) is 10.0. The van der Waals surface area contributed by atoms with E-state index in [4.69, 9.17) is 25.1 Å². The molecule has 0 bridgehead atoms. The molecule has 1 aromatic rings. The molecule has 98 valence electrons. The van der Waals surface area contributed by atoms with E-state index in [9.17, 15) is 4.79 Å². The zero-order valence-electron chi connectivity index (χ0n) is 10.0. The Morgan fingerprint density at radius 3 is 3.00 bits per heavy atom. The fraction of sp³-hybridized carbons (Fsp3) is 0.417. The van der Waals surface area contributed by atoms with Crippen molar-refractivity contribution < 1.29 is 24.1 Å². The zero-order chi connectivity index (χ0) is 13.1. The molecule has 1 atom stereocenters. The van der Waals surface area contributed by atoms with Gasteiger partial charge in [0.2, 0.25) is 6.79 Å². The van der Waals surface area contributed by atoms with Crippen LogP contribution in [0.5, 0.6) is 11.5 Å². The van der Waals surface area contributed by atoms with Crippen molar-refractivity contribution in [1.29, 1.82) is 0 Å². The molecule has 0 spiro atoms. The molecule has 18 heavy (non-hydrogen) atoms. The minimum atomic E-state index is -1.05. The van der Waals surface area contributed by atoms with E-state index in [1.165, 1.54) is 0 Å². The minimum absolute atomic E-state index is 0.140. The summed E-state index contributed by atoms with van der Waals surface area (Å²) in [6.07, 6.45) is 0.181. The summed E-state index contributed by atoms with van der Waals surface area (Å²) in [5.74, 6) is 0.138. The fourth-order valence-electron chi connectivity index (χ4n) is 1.89. The smallest absolute Gasteiger partial charge is 0.320 e. The number of methoxy groups -OCH3 is 1. The van der Waals surface area contributed by atoms with Crippen LogP contribution in [0.4, 0.5) is 0 Å². The van der Waals surface area contributed by atoms with Crippen LogP contribution in [-0.2, 0) is 22.6 Å². The van der Waals surface area contributed by atoms with Crippen LogP contribution in [-0.4, -0.2) is 31.0 Å². The molecule has 1 aliphatic rings. The number of carboxylic acids is 1. The Labute approximate surface area is 104 Å². The molecular formula is C12H15NO5. The summed E-state index contributed by atoms with van der Waals surface area (Å²) < 4.78 is 15.7. The number of carbonyl (C=O) groups is 1. The lowest BCUT2D eigenvalue weighted by Gasteiger charge is -2.14. The number of hydrogen-bond donors (Lipinski definition) is 2. The minimum Gasteiger partial charge on any atom is -0.480 e. The second kappa shape index (κ2) is 5.24. The van der Waals surface area contributed by atoms with Crippen molar-refractivity contribution in [3.05, 3.63) is 23.3 Å². The third kappa shape index (κ3) is 2.39. The summed E-state index contributed by atoms with van der Waals surface area (Å²) in [5.41, 5.74) is 7.17. The van der Waals surface area contributed by atoms with E-state index in [1.807, 2.05) is 6.07 Å². The largest absolute Gasteiger partial charge is 0.480 e. The maximum Gasteiger partial charge on any atom is 0.320 e. The molecule has 1 aliphatic heterocycles. The first-order valence-electron chi connectivity index (χ1n) is 5.51. The van der Waals surface area contributed by atoms with Crippen molar-refractivity contribution in [3.8, 4) is 11.5 Å². The maximum absolute atomic E-state index is 10.8. The van der Waals surface area contributed by atoms with Crippen LogP contribution in [0.15, 0.2) is 12.1 Å². The molecule has 1 heterocycles. The molecule has 2 rings (SSSR count). The topological polar surface area (TPSA) is 91.0 Å². The molecule has 0 saturated heterocycles. The lowest BCUT2D eigenvalue weighted by atomic mass is 9.99. The van der Waals surface area contributed by atoms with Gasteiger partial charge in [0.1, 0.15) is 6.04 Å². The lowest BCUT2D eigenvalue weighted by Crippen LogP contribution is -2.32. The second-order valence-corrected chi connectivity index (χ2v) is 4.02. The van der Waals surface area contributed by atoms with Gasteiger partial charge in [-0.2, -0.15) is 0 Å². The molecule has 0 amide bonds. The number of carboxylic acid groups (broad SMARTS) is 1. The van der Waals surface area contributed by atoms with E-state index in [0.29, 0.717) is 18.1 Å². The highest BCUT2D eigenvalue weighted by Crippen LogP contribution is 2.38. The number of aliphatic carboxylic acids is 1. The Hall–Kier alpha value is -1.79. The average Bonchev–Trinajstić information content (AvgIpc) is 2.80. The highest BCUT2D eigenvalue weighted by Gasteiger charge is 2.24. The monoisotopic (exact) mass is 253 g/mol.